The van der Waals surface area contributed by atoms with Crippen LogP contribution in [0, 0.1) is 5.92 Å². The van der Waals surface area contributed by atoms with Crippen LogP contribution in [0.25, 0.3) is 0 Å². The number of hydrogen-bond acceptors (Lipinski definition) is 3. The van der Waals surface area contributed by atoms with E-state index in [1.165, 1.54) is 4.90 Å². The van der Waals surface area contributed by atoms with Gasteiger partial charge in [0.15, 0.2) is 0 Å². The average molecular weight is 326 g/mol. The maximum atomic E-state index is 12.3. The number of piperidine rings is 1. The first kappa shape index (κ1) is 16.1. The van der Waals surface area contributed by atoms with E-state index >= 15 is 0 Å². The van der Waals surface area contributed by atoms with Crippen LogP contribution in [-0.4, -0.2) is 19.0 Å². The summed E-state index contributed by atoms with van der Waals surface area (Å²) >= 11 is 1.68. The van der Waals surface area contributed by atoms with Gasteiger partial charge < -0.3 is 10.6 Å². The first-order valence-corrected chi connectivity index (χ1v) is 8.95. The van der Waals surface area contributed by atoms with Crippen LogP contribution >= 0.6 is 11.8 Å². The molecule has 0 radical (unpaired) electrons. The number of hydrogen-bond donors (Lipinski definition) is 2. The lowest BCUT2D eigenvalue weighted by atomic mass is 9.94. The zero-order valence-corrected chi connectivity index (χ0v) is 13.9. The van der Waals surface area contributed by atoms with E-state index in [2.05, 4.69) is 28.8 Å². The van der Waals surface area contributed by atoms with Crippen molar-refractivity contribution in [3.8, 4) is 0 Å². The molecular formula is C19H22N2OS. The highest BCUT2D eigenvalue weighted by Crippen LogP contribution is 2.33. The number of para-hydroxylation sites is 1. The number of carbonyl (C=O) groups is 1. The summed E-state index contributed by atoms with van der Waals surface area (Å²) in [5.74, 6) is 0.628. The highest BCUT2D eigenvalue weighted by molar-refractivity contribution is 7.99. The van der Waals surface area contributed by atoms with E-state index in [0.29, 0.717) is 12.3 Å². The number of amides is 1. The zero-order chi connectivity index (χ0) is 15.9. The summed E-state index contributed by atoms with van der Waals surface area (Å²) in [7, 11) is 0. The molecule has 0 aromatic heterocycles. The van der Waals surface area contributed by atoms with Crippen LogP contribution in [-0.2, 0) is 4.79 Å². The highest BCUT2D eigenvalue weighted by atomic mass is 32.2. The Morgan fingerprint density at radius 3 is 2.52 bits per heavy atom. The van der Waals surface area contributed by atoms with Gasteiger partial charge in [0.2, 0.25) is 5.91 Å². The fourth-order valence-corrected chi connectivity index (χ4v) is 3.75. The first-order valence-electron chi connectivity index (χ1n) is 8.14. The maximum Gasteiger partial charge on any atom is 0.224 e. The van der Waals surface area contributed by atoms with Gasteiger partial charge in [-0.05, 0) is 56.1 Å². The van der Waals surface area contributed by atoms with E-state index in [-0.39, 0.29) is 5.91 Å². The Balaban J connectivity index is 1.64. The number of nitrogens with one attached hydrogen (secondary N) is 2. The number of benzene rings is 2. The molecule has 1 saturated heterocycles. The molecule has 1 aliphatic rings. The third kappa shape index (κ3) is 4.85. The zero-order valence-electron chi connectivity index (χ0n) is 13.1. The molecule has 1 aliphatic heterocycles. The number of carbonyl (C=O) groups excluding carboxylic acids is 1. The molecule has 1 heterocycles. The third-order valence-electron chi connectivity index (χ3n) is 4.06. The third-order valence-corrected chi connectivity index (χ3v) is 5.15. The molecule has 0 spiro atoms. The Labute approximate surface area is 141 Å². The first-order chi connectivity index (χ1) is 11.3. The van der Waals surface area contributed by atoms with E-state index in [1.54, 1.807) is 11.8 Å². The van der Waals surface area contributed by atoms with E-state index in [1.807, 2.05) is 36.4 Å². The van der Waals surface area contributed by atoms with Crippen LogP contribution in [0.2, 0.25) is 0 Å². The monoisotopic (exact) mass is 326 g/mol. The molecule has 4 heteroatoms. The van der Waals surface area contributed by atoms with Crippen LogP contribution in [0.15, 0.2) is 64.4 Å². The van der Waals surface area contributed by atoms with Crippen molar-refractivity contribution in [3.63, 3.8) is 0 Å². The molecule has 0 saturated carbocycles. The van der Waals surface area contributed by atoms with Gasteiger partial charge in [0.05, 0.1) is 5.69 Å². The minimum Gasteiger partial charge on any atom is -0.325 e. The summed E-state index contributed by atoms with van der Waals surface area (Å²) in [5.41, 5.74) is 0.903. The number of anilines is 1. The predicted molar refractivity (Wildman–Crippen MR) is 95.8 cm³/mol. The minimum absolute atomic E-state index is 0.123. The summed E-state index contributed by atoms with van der Waals surface area (Å²) in [6.07, 6.45) is 2.80. The normalized spacial score (nSPS) is 15.3. The molecule has 1 amide bonds. The summed E-state index contributed by atoms with van der Waals surface area (Å²) in [4.78, 5) is 14.6. The van der Waals surface area contributed by atoms with Crippen LogP contribution in [0.1, 0.15) is 19.3 Å². The average Bonchev–Trinajstić information content (AvgIpc) is 2.58. The van der Waals surface area contributed by atoms with Crippen molar-refractivity contribution in [1.82, 2.24) is 5.32 Å². The molecule has 2 aromatic rings. The molecule has 120 valence electrons. The molecule has 0 unspecified atom stereocenters. The van der Waals surface area contributed by atoms with Gasteiger partial charge in [-0.2, -0.15) is 0 Å². The van der Waals surface area contributed by atoms with Crippen molar-refractivity contribution < 1.29 is 4.79 Å². The van der Waals surface area contributed by atoms with Gasteiger partial charge in [0, 0.05) is 16.2 Å². The Morgan fingerprint density at radius 1 is 1.04 bits per heavy atom. The fraction of sp³-hybridized carbons (Fsp3) is 0.316. The molecule has 0 bridgehead atoms. The van der Waals surface area contributed by atoms with Crippen molar-refractivity contribution in [2.75, 3.05) is 18.4 Å². The topological polar surface area (TPSA) is 41.1 Å². The molecule has 2 N–H and O–H groups in total. The molecule has 0 aliphatic carbocycles. The Hall–Kier alpha value is -1.78. The molecular weight excluding hydrogens is 304 g/mol. The van der Waals surface area contributed by atoms with Crippen molar-refractivity contribution in [2.24, 2.45) is 5.92 Å². The van der Waals surface area contributed by atoms with E-state index in [4.69, 9.17) is 0 Å². The van der Waals surface area contributed by atoms with Crippen LogP contribution in [0.4, 0.5) is 5.69 Å². The van der Waals surface area contributed by atoms with E-state index in [0.717, 1.165) is 36.5 Å². The van der Waals surface area contributed by atoms with E-state index in [9.17, 15) is 4.79 Å². The lowest BCUT2D eigenvalue weighted by Crippen LogP contribution is -2.30. The minimum atomic E-state index is 0.123. The standard InChI is InChI=1S/C19H22N2OS/c22-19(14-15-10-12-20-13-11-15)21-17-8-4-5-9-18(17)23-16-6-2-1-3-7-16/h1-9,15,20H,10-14H2,(H,21,22). The molecule has 23 heavy (non-hydrogen) atoms. The Kier molecular flexibility index (Phi) is 5.72. The second kappa shape index (κ2) is 8.18. The summed E-state index contributed by atoms with van der Waals surface area (Å²) in [6, 6.07) is 18.2. The van der Waals surface area contributed by atoms with Crippen molar-refractivity contribution in [3.05, 3.63) is 54.6 Å². The van der Waals surface area contributed by atoms with Crippen molar-refractivity contribution in [1.29, 1.82) is 0 Å². The van der Waals surface area contributed by atoms with Gasteiger partial charge in [-0.15, -0.1) is 0 Å². The summed E-state index contributed by atoms with van der Waals surface area (Å²) in [6.45, 7) is 2.05. The SMILES string of the molecule is O=C(CC1CCNCC1)Nc1ccccc1Sc1ccccc1. The lowest BCUT2D eigenvalue weighted by Gasteiger charge is -2.22. The van der Waals surface area contributed by atoms with Crippen molar-refractivity contribution >= 4 is 23.4 Å². The maximum absolute atomic E-state index is 12.3. The Morgan fingerprint density at radius 2 is 1.74 bits per heavy atom. The quantitative estimate of drug-likeness (QED) is 0.866. The van der Waals surface area contributed by atoms with Crippen molar-refractivity contribution in [2.45, 2.75) is 29.1 Å². The van der Waals surface area contributed by atoms with Gasteiger partial charge in [0.1, 0.15) is 0 Å². The Bertz CT molecular complexity index is 639. The van der Waals surface area contributed by atoms with E-state index < -0.39 is 0 Å². The molecule has 2 aromatic carbocycles. The van der Waals surface area contributed by atoms with Gasteiger partial charge in [-0.3, -0.25) is 4.79 Å². The predicted octanol–water partition coefficient (Wildman–Crippen LogP) is 4.17. The largest absolute Gasteiger partial charge is 0.325 e. The summed E-state index contributed by atoms with van der Waals surface area (Å²) < 4.78 is 0. The van der Waals surface area contributed by atoms with Crippen LogP contribution in [0.5, 0.6) is 0 Å². The second-order valence-electron chi connectivity index (χ2n) is 5.86. The molecule has 0 atom stereocenters. The summed E-state index contributed by atoms with van der Waals surface area (Å²) in [5, 5.41) is 6.44. The molecule has 1 fully saturated rings. The van der Waals surface area contributed by atoms with Gasteiger partial charge >= 0.3 is 0 Å². The number of rotatable bonds is 5. The molecule has 3 nitrogen and oxygen atoms in total. The van der Waals surface area contributed by atoms with Crippen LogP contribution < -0.4 is 10.6 Å². The van der Waals surface area contributed by atoms with Crippen LogP contribution in [0.3, 0.4) is 0 Å². The second-order valence-corrected chi connectivity index (χ2v) is 6.97. The van der Waals surface area contributed by atoms with Gasteiger partial charge in [-0.1, -0.05) is 42.1 Å². The fourth-order valence-electron chi connectivity index (χ4n) is 2.82. The molecule has 3 rings (SSSR count). The lowest BCUT2D eigenvalue weighted by molar-refractivity contribution is -0.117. The van der Waals surface area contributed by atoms with Gasteiger partial charge in [-0.25, -0.2) is 0 Å². The highest BCUT2D eigenvalue weighted by Gasteiger charge is 2.17. The van der Waals surface area contributed by atoms with Gasteiger partial charge in [0.25, 0.3) is 0 Å². The smallest absolute Gasteiger partial charge is 0.224 e.